The summed E-state index contributed by atoms with van der Waals surface area (Å²) in [5.74, 6) is 0. The molecule has 0 aliphatic carbocycles. The van der Waals surface area contributed by atoms with Crippen LogP contribution in [0.4, 0.5) is 0 Å². The number of aromatic nitrogens is 6. The second-order valence-corrected chi connectivity index (χ2v) is 17.1. The maximum Gasteiger partial charge on any atom is 0.0375 e. The molecule has 0 bridgehead atoms. The van der Waals surface area contributed by atoms with Crippen molar-refractivity contribution in [1.82, 2.24) is 29.9 Å². The fourth-order valence-electron chi connectivity index (χ4n) is 5.69. The third-order valence-corrected chi connectivity index (χ3v) is 9.52. The van der Waals surface area contributed by atoms with Gasteiger partial charge in [-0.15, -0.1) is 0 Å². The van der Waals surface area contributed by atoms with Crippen LogP contribution in [0.2, 0.25) is 0 Å². The molecule has 12 aromatic rings. The largest absolute Gasteiger partial charge is 0.358 e. The summed E-state index contributed by atoms with van der Waals surface area (Å²) in [5.41, 5.74) is 9.74. The Balaban J connectivity index is -0.0000000480. The van der Waals surface area contributed by atoms with E-state index in [0.717, 1.165) is 51.2 Å². The Morgan fingerprint density at radius 1 is 0.133 bits per heavy atom. The van der Waals surface area contributed by atoms with Crippen molar-refractivity contribution in [2.45, 2.75) is 145 Å². The Labute approximate surface area is 736 Å². The van der Waals surface area contributed by atoms with E-state index in [0.29, 0.717) is 0 Å². The zero-order chi connectivity index (χ0) is 70.7. The number of pyridine rings is 6. The van der Waals surface area contributed by atoms with Crippen LogP contribution in [-0.4, -0.2) is 29.9 Å². The summed E-state index contributed by atoms with van der Waals surface area (Å²) in [6.45, 7) is 41.9. The van der Waals surface area contributed by atoms with Gasteiger partial charge < -0.3 is 44.6 Å². The number of hydrogen-bond donors (Lipinski definition) is 0. The van der Waals surface area contributed by atoms with Crippen LogP contribution in [0, 0.1) is 107 Å². The predicted molar refractivity (Wildman–Crippen MR) is 453 cm³/mol. The van der Waals surface area contributed by atoms with E-state index in [2.05, 4.69) is 29.9 Å². The number of rotatable bonds is 0. The Morgan fingerprint density at radius 2 is 0.229 bits per heavy atom. The molecule has 12 rings (SSSR count). The van der Waals surface area contributed by atoms with E-state index in [1.165, 1.54) is 0 Å². The average molecular weight is 2440 g/mol. The molecule has 0 fully saturated rings. The molecule has 6 aromatic carbocycles. The number of hydrogen-bond acceptors (Lipinski definition) is 6. The molecule has 0 N–H and O–H groups in total. The smallest absolute Gasteiger partial charge is 0.0375 e. The van der Waals surface area contributed by atoms with Crippen LogP contribution in [0.15, 0.2) is 346 Å². The van der Waals surface area contributed by atoms with Crippen molar-refractivity contribution in [2.24, 2.45) is 0 Å². The van der Waals surface area contributed by atoms with Gasteiger partial charge >= 0.3 is 0 Å². The molecule has 0 amide bonds. The van der Waals surface area contributed by atoms with E-state index in [9.17, 15) is 0 Å². The van der Waals surface area contributed by atoms with E-state index < -0.39 is 0 Å². The summed E-state index contributed by atoms with van der Waals surface area (Å²) in [6, 6.07) is 108. The van der Waals surface area contributed by atoms with Gasteiger partial charge in [0, 0.05) is 196 Å². The van der Waals surface area contributed by atoms with Crippen LogP contribution in [0.3, 0.4) is 0 Å². The van der Waals surface area contributed by atoms with Crippen molar-refractivity contribution < 1.29 is 126 Å². The van der Waals surface area contributed by atoms with E-state index in [4.69, 9.17) is 0 Å². The third kappa shape index (κ3) is 128. The molecule has 0 unspecified atom stereocenters. The molecular formula is C93H138N6W6-6. The van der Waals surface area contributed by atoms with Gasteiger partial charge in [-0.1, -0.05) is 338 Å². The summed E-state index contributed by atoms with van der Waals surface area (Å²) in [6.07, 6.45) is 5.36. The van der Waals surface area contributed by atoms with Crippen LogP contribution in [-0.2, 0) is 126 Å². The molecule has 0 aliphatic heterocycles. The quantitative estimate of drug-likeness (QED) is 0.141. The zero-order valence-corrected chi connectivity index (χ0v) is 87.1. The maximum atomic E-state index is 4.17. The molecule has 6 heterocycles. The van der Waals surface area contributed by atoms with Gasteiger partial charge in [-0.2, -0.15) is 0 Å². The van der Waals surface area contributed by atoms with Gasteiger partial charge in [0.25, 0.3) is 0 Å². The number of nitrogens with zero attached hydrogens (tertiary/aromatic N) is 6. The predicted octanol–water partition coefficient (Wildman–Crippen LogP) is 28.2. The first kappa shape index (κ1) is 145. The van der Waals surface area contributed by atoms with Crippen LogP contribution >= 0.6 is 0 Å². The van der Waals surface area contributed by atoms with Gasteiger partial charge in [0.15, 0.2) is 0 Å². The van der Waals surface area contributed by atoms with Gasteiger partial charge in [-0.3, -0.25) is 29.9 Å². The molecular weight excluding hydrogens is 2300 g/mol. The summed E-state index contributed by atoms with van der Waals surface area (Å²) in [7, 11) is 0. The molecule has 0 aliphatic rings. The van der Waals surface area contributed by atoms with Crippen molar-refractivity contribution in [3.8, 4) is 0 Å². The van der Waals surface area contributed by atoms with Gasteiger partial charge in [0.1, 0.15) is 0 Å². The Kier molecular flexibility index (Phi) is 181. The van der Waals surface area contributed by atoms with E-state index in [1.807, 2.05) is 473 Å². The van der Waals surface area contributed by atoms with Crippen molar-refractivity contribution in [1.29, 1.82) is 0 Å². The van der Waals surface area contributed by atoms with Crippen molar-refractivity contribution in [2.75, 3.05) is 0 Å². The molecule has 0 saturated heterocycles. The first-order valence-corrected chi connectivity index (χ1v) is 32.9. The fourth-order valence-corrected chi connectivity index (χ4v) is 5.69. The summed E-state index contributed by atoms with van der Waals surface area (Å²) < 4.78 is 0. The summed E-state index contributed by atoms with van der Waals surface area (Å²) in [4.78, 5) is 24.5. The topological polar surface area (TPSA) is 77.3 Å². The van der Waals surface area contributed by atoms with E-state index >= 15 is 0 Å². The van der Waals surface area contributed by atoms with E-state index in [-0.39, 0.29) is 171 Å². The van der Waals surface area contributed by atoms with Crippen LogP contribution in [0.25, 0.3) is 0 Å². The molecule has 0 spiro atoms. The minimum absolute atomic E-state index is 0. The second kappa shape index (κ2) is 131. The van der Waals surface area contributed by atoms with Crippen molar-refractivity contribution >= 4 is 0 Å². The van der Waals surface area contributed by atoms with Crippen LogP contribution in [0.5, 0.6) is 0 Å². The SMILES string of the molecule is CC.CC.CC.CC.CC.CC.Cc1cccc(C)n1.Cc1cccc(C)n1.Cc1cccc(C)n1.Cc1ccccn1.Cc1ccccn1.Cc1ccccn1.[CH3-].[CH3-].[CH3-].[CH3-].[CH3-].[CH3-].[W].[W].[W].[W].[W].[W].c1ccccc1.c1ccccc1.c1ccccc1.c1ccccc1.c1ccccc1.c1ccccc1. The fraction of sp³-hybridized carbons (Fsp3) is 0.226. The standard InChI is InChI=1S/3C7H9N.3C6H7N.6C6H6.6C2H6.6CH3.6W/c3*1-6-4-3-5-7(2)8-6;3*1-6-4-2-3-5-7-6;6*1-2-4-6-5-3-1;6*1-2;;;;;;;;;;;;/h3*3-5H,1-2H3;3*2-5H,1H3;6*1-6H;6*1-2H3;6*1H3;;;;;;/q;;;;;;;;;;;;;;;;;;6*-1;;;;;;. The minimum Gasteiger partial charge on any atom is -0.358 e. The Bertz CT molecular complexity index is 2470. The molecule has 0 atom stereocenters. The van der Waals surface area contributed by atoms with Crippen LogP contribution in [0.1, 0.15) is 134 Å². The monoisotopic (exact) mass is 2440 g/mol. The molecule has 582 valence electrons. The van der Waals surface area contributed by atoms with Crippen molar-refractivity contribution in [3.05, 3.63) is 442 Å². The van der Waals surface area contributed by atoms with Gasteiger partial charge in [0.2, 0.25) is 0 Å². The minimum atomic E-state index is 0. The Hall–Kier alpha value is -5.65. The average Bonchev–Trinajstić information content (AvgIpc) is 1.02. The maximum absolute atomic E-state index is 4.17. The number of benzene rings is 6. The zero-order valence-electron chi connectivity index (χ0n) is 69.5. The molecule has 6 nitrogen and oxygen atoms in total. The molecule has 12 heteroatoms. The first-order valence-electron chi connectivity index (χ1n) is 32.9. The molecule has 6 aromatic heterocycles. The third-order valence-electron chi connectivity index (χ3n) is 9.52. The molecule has 105 heavy (non-hydrogen) atoms. The Morgan fingerprint density at radius 3 is 0.276 bits per heavy atom. The van der Waals surface area contributed by atoms with Gasteiger partial charge in [-0.05, 0) is 135 Å². The van der Waals surface area contributed by atoms with E-state index in [1.54, 1.807) is 18.6 Å². The normalized spacial score (nSPS) is 6.94. The van der Waals surface area contributed by atoms with Crippen LogP contribution < -0.4 is 0 Å². The molecule has 0 saturated carbocycles. The summed E-state index contributed by atoms with van der Waals surface area (Å²) in [5, 5.41) is 0. The summed E-state index contributed by atoms with van der Waals surface area (Å²) >= 11 is 0. The van der Waals surface area contributed by atoms with Gasteiger partial charge in [0.05, 0.1) is 0 Å². The first-order chi connectivity index (χ1) is 45.5. The number of aryl methyl sites for hydroxylation is 9. The molecule has 0 radical (unpaired) electrons. The second-order valence-electron chi connectivity index (χ2n) is 17.1. The van der Waals surface area contributed by atoms with Gasteiger partial charge in [-0.25, -0.2) is 0 Å². The van der Waals surface area contributed by atoms with Crippen molar-refractivity contribution in [3.63, 3.8) is 0 Å².